The van der Waals surface area contributed by atoms with Crippen molar-refractivity contribution in [2.24, 2.45) is 0 Å². The van der Waals surface area contributed by atoms with Gasteiger partial charge >= 0.3 is 0 Å². The Kier molecular flexibility index (Phi) is 21.8. The van der Waals surface area contributed by atoms with Crippen molar-refractivity contribution >= 4 is 80.2 Å². The summed E-state index contributed by atoms with van der Waals surface area (Å²) in [6.07, 6.45) is 11.5. The van der Waals surface area contributed by atoms with Crippen molar-refractivity contribution in [3.8, 4) is 96.6 Å². The van der Waals surface area contributed by atoms with E-state index >= 15 is 0 Å². The van der Waals surface area contributed by atoms with Crippen molar-refractivity contribution in [3.63, 3.8) is 0 Å². The van der Waals surface area contributed by atoms with Crippen LogP contribution in [-0.4, -0.2) is 120 Å². The first kappa shape index (κ1) is 80.3. The first-order valence-corrected chi connectivity index (χ1v) is 42.1. The lowest BCUT2D eigenvalue weighted by molar-refractivity contribution is -0.119. The highest BCUT2D eigenvalue weighted by Crippen LogP contribution is 2.55. The molecule has 8 aliphatic rings. The molecule has 8 aromatic carbocycles. The number of anilines is 5. The normalized spacial score (nSPS) is 15.7. The fraction of sp³-hybridized carbons (Fsp3) is 0.216. The van der Waals surface area contributed by atoms with Gasteiger partial charge in [0, 0.05) is 109 Å². The van der Waals surface area contributed by atoms with Gasteiger partial charge in [0.05, 0.1) is 51.4 Å². The third kappa shape index (κ3) is 16.5. The van der Waals surface area contributed by atoms with Gasteiger partial charge in [-0.2, -0.15) is 0 Å². The summed E-state index contributed by atoms with van der Waals surface area (Å²) >= 11 is 0. The monoisotopic (exact) mass is 1680 g/mol. The molecule has 4 aliphatic heterocycles. The number of rotatable bonds is 20. The molecule has 27 heteroatoms. The second kappa shape index (κ2) is 33.7. The van der Waals surface area contributed by atoms with E-state index in [1.54, 1.807) is 63.1 Å². The van der Waals surface area contributed by atoms with Crippen LogP contribution in [0.4, 0.5) is 29.0 Å². The second-order valence-electron chi connectivity index (χ2n) is 31.4. The third-order valence-corrected chi connectivity index (χ3v) is 24.4. The molecule has 124 heavy (non-hydrogen) atoms. The van der Waals surface area contributed by atoms with Crippen molar-refractivity contribution in [2.75, 3.05) is 87.8 Å². The van der Waals surface area contributed by atoms with Crippen LogP contribution in [-0.2, 0) is 51.6 Å². The Bertz CT molecular complexity index is 6370. The van der Waals surface area contributed by atoms with Crippen LogP contribution in [0.25, 0.3) is 55.8 Å². The Hall–Kier alpha value is -14.7. The Morgan fingerprint density at radius 3 is 1.20 bits per heavy atom. The van der Waals surface area contributed by atoms with Crippen molar-refractivity contribution in [1.29, 1.82) is 0 Å². The lowest BCUT2D eigenvalue weighted by atomic mass is 9.94. The van der Waals surface area contributed by atoms with Crippen molar-refractivity contribution in [1.82, 2.24) is 30.2 Å². The lowest BCUT2D eigenvalue weighted by Crippen LogP contribution is -2.28. The molecule has 4 fully saturated rings. The van der Waals surface area contributed by atoms with Gasteiger partial charge in [0.2, 0.25) is 50.8 Å². The number of aromatic nitrogens is 5. The maximum Gasteiger partial charge on any atom is 0.251 e. The van der Waals surface area contributed by atoms with Crippen LogP contribution >= 0.6 is 0 Å². The van der Waals surface area contributed by atoms with E-state index in [2.05, 4.69) is 51.5 Å². The molecular formula is C97H89N11O15S. The minimum Gasteiger partial charge on any atom is -0.496 e. The number of benzene rings is 8. The molecule has 21 rings (SSSR count). The molecule has 0 spiro atoms. The standard InChI is InChI=1S/C25H25N3O4.C25H19N3O3.C24H21N3O4.C23H20N2O4S.2H2/c1-28(2)17-8-9-18(21(14-17)30-3)19-5-4-6-23(26-19)27-24(29)25(11-12-25)16-7-10-20-22(13-16)32-15-31-20;29-24(25(10-11-25)18-7-8-20-21(13-18)31-15-30-20)28-22-9-6-17(14-27-22)19-5-1-3-16-4-2-12-26-23(16)19;1-25-22(28)16-7-5-15(6-8-16)18-3-2-4-21(26-18)27-23(29)24(11-12-24)17-9-10-19-20(13-17)31-14-30-19;1-30(27)17-8-5-15(6-9-17)18-3-2-4-21(24-18)25-22(26)23(11-12-23)16-7-10-19-20(13-16)29-14-28-19;;/h4-10,13-14H,11-12,15H2,1-3H3,(H,26,27,29);1-9,12-14H,10-11,15H2,(H,27,28,29);2-10,13H,11-12,14H2,1H3,(H,25,28)(H,26,27,29);2-10,13H,11-12,14H2,1H3,(H,24,25,26);2*1H. The summed E-state index contributed by atoms with van der Waals surface area (Å²) in [6.45, 7) is 0.858. The molecule has 13 aromatic rings. The second-order valence-corrected chi connectivity index (χ2v) is 32.7. The summed E-state index contributed by atoms with van der Waals surface area (Å²) in [5.74, 6) is 7.99. The van der Waals surface area contributed by atoms with Crippen LogP contribution in [0.15, 0.2) is 254 Å². The predicted molar refractivity (Wildman–Crippen MR) is 473 cm³/mol. The van der Waals surface area contributed by atoms with Gasteiger partial charge in [0.15, 0.2) is 46.0 Å². The highest BCUT2D eigenvalue weighted by Gasteiger charge is 2.55. The maximum absolute atomic E-state index is 13.2. The zero-order valence-corrected chi connectivity index (χ0v) is 69.2. The maximum atomic E-state index is 13.2. The largest absolute Gasteiger partial charge is 0.496 e. The van der Waals surface area contributed by atoms with Gasteiger partial charge in [-0.1, -0.05) is 91.0 Å². The van der Waals surface area contributed by atoms with Gasteiger partial charge in [0.25, 0.3) is 5.91 Å². The predicted octanol–water partition coefficient (Wildman–Crippen LogP) is 16.8. The van der Waals surface area contributed by atoms with Crippen molar-refractivity contribution in [2.45, 2.75) is 77.9 Å². The quantitative estimate of drug-likeness (QED) is 0.0473. The third-order valence-electron chi connectivity index (χ3n) is 23.5. The molecular weight excluding hydrogens is 1590 g/mol. The summed E-state index contributed by atoms with van der Waals surface area (Å²) in [7, 11) is 6.19. The number of ether oxygens (including phenoxy) is 9. The molecule has 0 radical (unpaired) electrons. The topological polar surface area (TPSA) is 313 Å². The Labute approximate surface area is 719 Å². The van der Waals surface area contributed by atoms with E-state index in [4.69, 9.17) is 42.6 Å². The molecule has 1 atom stereocenters. The number of hydrogen-bond acceptors (Lipinski definition) is 21. The average Bonchev–Trinajstić information content (AvgIpc) is 1.60. The van der Waals surface area contributed by atoms with Gasteiger partial charge in [-0.15, -0.1) is 0 Å². The van der Waals surface area contributed by atoms with Gasteiger partial charge in [-0.3, -0.25) is 33.2 Å². The fourth-order valence-electron chi connectivity index (χ4n) is 15.7. The summed E-state index contributed by atoms with van der Waals surface area (Å²) in [6, 6.07) is 73.9. The molecule has 26 nitrogen and oxygen atoms in total. The number of nitrogens with zero attached hydrogens (tertiary/aromatic N) is 6. The molecule has 4 saturated carbocycles. The molecule has 0 saturated heterocycles. The van der Waals surface area contributed by atoms with Gasteiger partial charge in [0.1, 0.15) is 29.0 Å². The Balaban J connectivity index is 0.000000123. The number of methoxy groups -OCH3 is 1. The molecule has 4 aliphatic carbocycles. The van der Waals surface area contributed by atoms with Crippen molar-refractivity contribution < 1.29 is 73.7 Å². The summed E-state index contributed by atoms with van der Waals surface area (Å²) in [5.41, 5.74) is 10.9. The number of carbonyl (C=O) groups excluding carboxylic acids is 5. The Morgan fingerprint density at radius 1 is 0.403 bits per heavy atom. The Morgan fingerprint density at radius 2 is 0.798 bits per heavy atom. The zero-order valence-electron chi connectivity index (χ0n) is 68.4. The first-order valence-electron chi connectivity index (χ1n) is 40.6. The van der Waals surface area contributed by atoms with Gasteiger partial charge < -0.3 is 74.1 Å². The highest BCUT2D eigenvalue weighted by atomic mass is 32.2. The number of nitrogens with one attached hydrogen (secondary N) is 5. The van der Waals surface area contributed by atoms with E-state index in [0.717, 1.165) is 146 Å². The number of hydrogen-bond donors (Lipinski definition) is 5. The molecule has 5 aromatic heterocycles. The summed E-state index contributed by atoms with van der Waals surface area (Å²) in [4.78, 5) is 90.0. The number of fused-ring (bicyclic) bond motifs is 5. The van der Waals surface area contributed by atoms with E-state index in [9.17, 15) is 28.2 Å². The van der Waals surface area contributed by atoms with Crippen LogP contribution in [0.3, 0.4) is 0 Å². The minimum absolute atomic E-state index is 0. The molecule has 5 N–H and O–H groups in total. The van der Waals surface area contributed by atoms with E-state index in [-0.39, 0.29) is 59.6 Å². The number of pyridine rings is 5. The van der Waals surface area contributed by atoms with E-state index in [1.807, 2.05) is 225 Å². The lowest BCUT2D eigenvalue weighted by Gasteiger charge is -2.17. The van der Waals surface area contributed by atoms with Crippen LogP contribution < -0.4 is 74.1 Å². The number of carbonyl (C=O) groups is 5. The van der Waals surface area contributed by atoms with E-state index < -0.39 is 32.5 Å². The van der Waals surface area contributed by atoms with Gasteiger partial charge in [-0.25, -0.2) is 19.9 Å². The average molecular weight is 1680 g/mol. The zero-order chi connectivity index (χ0) is 85.3. The molecule has 0 bridgehead atoms. The number of para-hydroxylation sites is 1. The van der Waals surface area contributed by atoms with Crippen LogP contribution in [0, 0.1) is 0 Å². The molecule has 9 heterocycles. The highest BCUT2D eigenvalue weighted by molar-refractivity contribution is 7.84. The molecule has 1 unspecified atom stereocenters. The molecule has 628 valence electrons. The minimum atomic E-state index is -1.02. The molecule has 5 amide bonds. The van der Waals surface area contributed by atoms with E-state index in [1.165, 1.54) is 0 Å². The first-order chi connectivity index (χ1) is 60.4. The summed E-state index contributed by atoms with van der Waals surface area (Å²) in [5, 5.41) is 15.6. The SMILES string of the molecule is CNC(=O)c1ccc(-c2cccc(NC(=O)C3(c4ccc5c(c4)OCO5)CC3)n2)cc1.COc1cc(N(C)C)ccc1-c1cccc(NC(=O)C2(c3ccc4c(c3)OCO4)CC2)n1.CS(=O)c1ccc(-c2cccc(NC(=O)C3(c4ccc5c(c4)OCO5)CC3)n2)cc1.O=C(Nc1ccc(-c2cccc3cccnc23)cn1)C1(c2ccc3c(c2)OCO3)CC1.[HH].[HH]. The van der Waals surface area contributed by atoms with Crippen LogP contribution in [0.1, 0.15) is 86.8 Å². The van der Waals surface area contributed by atoms with E-state index in [0.29, 0.717) is 74.8 Å². The fourth-order valence-corrected chi connectivity index (χ4v) is 16.2. The number of amides is 5. The van der Waals surface area contributed by atoms with Crippen LogP contribution in [0.5, 0.6) is 51.7 Å². The van der Waals surface area contributed by atoms with Crippen LogP contribution in [0.2, 0.25) is 0 Å². The smallest absolute Gasteiger partial charge is 0.251 e. The summed E-state index contributed by atoms with van der Waals surface area (Å²) < 4.78 is 60.6. The van der Waals surface area contributed by atoms with Crippen molar-refractivity contribution in [3.05, 3.63) is 277 Å². The van der Waals surface area contributed by atoms with Gasteiger partial charge in [-0.05, 0) is 213 Å².